The fourth-order valence-electron chi connectivity index (χ4n) is 3.31. The highest BCUT2D eigenvalue weighted by molar-refractivity contribution is 7.99. The summed E-state index contributed by atoms with van der Waals surface area (Å²) in [6.45, 7) is 2.54. The van der Waals surface area contributed by atoms with Gasteiger partial charge in [0, 0.05) is 31.2 Å². The first-order chi connectivity index (χ1) is 12.5. The number of aliphatic carboxylic acids is 1. The molecule has 7 heteroatoms. The number of aliphatic hydroxyl groups is 1. The van der Waals surface area contributed by atoms with Gasteiger partial charge in [0.15, 0.2) is 0 Å². The van der Waals surface area contributed by atoms with Crippen molar-refractivity contribution in [2.75, 3.05) is 18.1 Å². The van der Waals surface area contributed by atoms with Gasteiger partial charge in [0.1, 0.15) is 17.6 Å². The largest absolute Gasteiger partial charge is 0.481 e. The van der Waals surface area contributed by atoms with Crippen molar-refractivity contribution in [2.24, 2.45) is 0 Å². The van der Waals surface area contributed by atoms with Crippen molar-refractivity contribution in [3.8, 4) is 0 Å². The van der Waals surface area contributed by atoms with E-state index in [1.54, 1.807) is 17.8 Å². The second kappa shape index (κ2) is 10.6. The molecule has 1 saturated heterocycles. The maximum absolute atomic E-state index is 12.3. The van der Waals surface area contributed by atoms with Crippen LogP contribution in [0.25, 0.3) is 0 Å². The minimum Gasteiger partial charge on any atom is -0.481 e. The molecule has 1 aromatic heterocycles. The van der Waals surface area contributed by atoms with Crippen LogP contribution in [0.15, 0.2) is 16.5 Å². The molecular formula is C19H29NO5S. The second-order valence-corrected chi connectivity index (χ2v) is 8.01. The van der Waals surface area contributed by atoms with Crippen LogP contribution in [0, 0.1) is 6.92 Å². The number of carboxylic acids is 1. The zero-order valence-corrected chi connectivity index (χ0v) is 16.2. The van der Waals surface area contributed by atoms with Crippen LogP contribution in [-0.4, -0.2) is 51.1 Å². The van der Waals surface area contributed by atoms with Gasteiger partial charge in [-0.3, -0.25) is 9.59 Å². The second-order valence-electron chi connectivity index (χ2n) is 6.78. The van der Waals surface area contributed by atoms with E-state index in [1.165, 1.54) is 0 Å². The highest BCUT2D eigenvalue weighted by atomic mass is 32.2. The average molecular weight is 384 g/mol. The van der Waals surface area contributed by atoms with E-state index in [-0.39, 0.29) is 18.4 Å². The zero-order valence-electron chi connectivity index (χ0n) is 15.4. The Hall–Kier alpha value is -1.47. The normalized spacial score (nSPS) is 18.9. The fraction of sp³-hybridized carbons (Fsp3) is 0.684. The predicted octanol–water partition coefficient (Wildman–Crippen LogP) is 3.38. The molecule has 2 atom stereocenters. The Morgan fingerprint density at radius 2 is 2.23 bits per heavy atom. The number of aryl methyl sites for hydroxylation is 1. The van der Waals surface area contributed by atoms with Crippen LogP contribution in [0.3, 0.4) is 0 Å². The van der Waals surface area contributed by atoms with Gasteiger partial charge in [-0.05, 0) is 56.9 Å². The summed E-state index contributed by atoms with van der Waals surface area (Å²) in [6.07, 6.45) is 4.03. The van der Waals surface area contributed by atoms with Crippen LogP contribution in [0.4, 0.5) is 0 Å². The summed E-state index contributed by atoms with van der Waals surface area (Å²) in [5, 5.41) is 18.9. The van der Waals surface area contributed by atoms with Crippen molar-refractivity contribution in [2.45, 2.75) is 64.0 Å². The van der Waals surface area contributed by atoms with Gasteiger partial charge >= 0.3 is 5.97 Å². The number of piperidine rings is 1. The Bertz CT molecular complexity index is 588. The standard InChI is InChI=1S/C19H29NO5S/c1-14-7-10-17(25-14)16(21)9-8-15-4-2-5-18(22)20(15)11-13-26-12-3-6-19(23)24/h7,10,15-16,21H,2-6,8-9,11-13H2,1H3,(H,23,24)/t15-,16-/m1/s1. The molecule has 26 heavy (non-hydrogen) atoms. The third-order valence-electron chi connectivity index (χ3n) is 4.71. The van der Waals surface area contributed by atoms with Gasteiger partial charge in [-0.1, -0.05) is 0 Å². The third-order valence-corrected chi connectivity index (χ3v) is 5.76. The SMILES string of the molecule is Cc1ccc([C@H](O)CC[C@H]2CCCC(=O)N2CCSCCCC(=O)O)o1. The number of rotatable bonds is 11. The highest BCUT2D eigenvalue weighted by Crippen LogP contribution is 2.27. The Morgan fingerprint density at radius 1 is 1.42 bits per heavy atom. The number of aliphatic hydroxyl groups excluding tert-OH is 1. The summed E-state index contributed by atoms with van der Waals surface area (Å²) in [6, 6.07) is 3.82. The van der Waals surface area contributed by atoms with Crippen LogP contribution in [-0.2, 0) is 9.59 Å². The number of carbonyl (C=O) groups excluding carboxylic acids is 1. The molecule has 2 heterocycles. The maximum atomic E-state index is 12.3. The van der Waals surface area contributed by atoms with E-state index in [0.717, 1.165) is 36.5 Å². The Kier molecular flexibility index (Phi) is 8.51. The minimum absolute atomic E-state index is 0.168. The van der Waals surface area contributed by atoms with Crippen molar-refractivity contribution >= 4 is 23.6 Å². The van der Waals surface area contributed by atoms with E-state index in [0.29, 0.717) is 31.6 Å². The number of likely N-dealkylation sites (tertiary alicyclic amines) is 1. The van der Waals surface area contributed by atoms with E-state index >= 15 is 0 Å². The van der Waals surface area contributed by atoms with Gasteiger partial charge < -0.3 is 19.5 Å². The molecule has 0 aliphatic carbocycles. The quantitative estimate of drug-likeness (QED) is 0.569. The number of hydrogen-bond donors (Lipinski definition) is 2. The molecule has 0 spiro atoms. The molecule has 6 nitrogen and oxygen atoms in total. The summed E-state index contributed by atoms with van der Waals surface area (Å²) < 4.78 is 5.48. The average Bonchev–Trinajstić information content (AvgIpc) is 3.03. The van der Waals surface area contributed by atoms with E-state index in [4.69, 9.17) is 9.52 Å². The van der Waals surface area contributed by atoms with Crippen molar-refractivity contribution in [1.82, 2.24) is 4.90 Å². The number of hydrogen-bond acceptors (Lipinski definition) is 5. The number of amides is 1. The van der Waals surface area contributed by atoms with Gasteiger partial charge in [0.2, 0.25) is 5.91 Å². The molecule has 0 radical (unpaired) electrons. The first kappa shape index (κ1) is 20.8. The molecule has 0 saturated carbocycles. The van der Waals surface area contributed by atoms with E-state index in [2.05, 4.69) is 0 Å². The summed E-state index contributed by atoms with van der Waals surface area (Å²) in [4.78, 5) is 24.7. The molecule has 2 N–H and O–H groups in total. The van der Waals surface area contributed by atoms with Crippen LogP contribution in [0.5, 0.6) is 0 Å². The molecule has 2 rings (SSSR count). The highest BCUT2D eigenvalue weighted by Gasteiger charge is 2.28. The first-order valence-corrected chi connectivity index (χ1v) is 10.5. The summed E-state index contributed by atoms with van der Waals surface area (Å²) >= 11 is 1.70. The molecule has 0 bridgehead atoms. The van der Waals surface area contributed by atoms with Crippen molar-refractivity contribution in [3.63, 3.8) is 0 Å². The van der Waals surface area contributed by atoms with Gasteiger partial charge in [-0.2, -0.15) is 11.8 Å². The van der Waals surface area contributed by atoms with Crippen molar-refractivity contribution < 1.29 is 24.2 Å². The minimum atomic E-state index is -0.762. The molecule has 0 aromatic carbocycles. The molecule has 146 valence electrons. The van der Waals surface area contributed by atoms with Crippen LogP contribution in [0.2, 0.25) is 0 Å². The lowest BCUT2D eigenvalue weighted by molar-refractivity contribution is -0.137. The van der Waals surface area contributed by atoms with Crippen molar-refractivity contribution in [1.29, 1.82) is 0 Å². The zero-order chi connectivity index (χ0) is 18.9. The van der Waals surface area contributed by atoms with Gasteiger partial charge in [-0.15, -0.1) is 0 Å². The molecule has 1 aliphatic rings. The topological polar surface area (TPSA) is 91.0 Å². The van der Waals surface area contributed by atoms with Crippen LogP contribution < -0.4 is 0 Å². The molecule has 1 aliphatic heterocycles. The van der Waals surface area contributed by atoms with E-state index in [9.17, 15) is 14.7 Å². The fourth-order valence-corrected chi connectivity index (χ4v) is 4.19. The molecule has 1 fully saturated rings. The molecule has 1 aromatic rings. The number of nitrogens with zero attached hydrogens (tertiary/aromatic N) is 1. The van der Waals surface area contributed by atoms with Gasteiger partial charge in [-0.25, -0.2) is 0 Å². The Morgan fingerprint density at radius 3 is 2.92 bits per heavy atom. The van der Waals surface area contributed by atoms with Gasteiger partial charge in [0.25, 0.3) is 0 Å². The smallest absolute Gasteiger partial charge is 0.303 e. The first-order valence-electron chi connectivity index (χ1n) is 9.30. The number of thioether (sulfide) groups is 1. The van der Waals surface area contributed by atoms with Crippen molar-refractivity contribution in [3.05, 3.63) is 23.7 Å². The number of carboxylic acid groups (broad SMARTS) is 1. The Labute approximate surface area is 158 Å². The van der Waals surface area contributed by atoms with Crippen LogP contribution in [0.1, 0.15) is 62.6 Å². The molecule has 1 amide bonds. The van der Waals surface area contributed by atoms with E-state index in [1.807, 2.05) is 17.9 Å². The Balaban J connectivity index is 1.75. The molecule has 0 unspecified atom stereocenters. The third kappa shape index (κ3) is 6.68. The summed E-state index contributed by atoms with van der Waals surface area (Å²) in [5.74, 6) is 2.42. The molecular weight excluding hydrogens is 354 g/mol. The lowest BCUT2D eigenvalue weighted by atomic mass is 9.96. The summed E-state index contributed by atoms with van der Waals surface area (Å²) in [5.41, 5.74) is 0. The van der Waals surface area contributed by atoms with Crippen LogP contribution >= 0.6 is 11.8 Å². The van der Waals surface area contributed by atoms with Gasteiger partial charge in [0.05, 0.1) is 0 Å². The lowest BCUT2D eigenvalue weighted by Gasteiger charge is -2.36. The predicted molar refractivity (Wildman–Crippen MR) is 101 cm³/mol. The number of furan rings is 1. The lowest BCUT2D eigenvalue weighted by Crippen LogP contribution is -2.44. The maximum Gasteiger partial charge on any atom is 0.303 e. The number of carbonyl (C=O) groups is 2. The van der Waals surface area contributed by atoms with E-state index < -0.39 is 12.1 Å². The monoisotopic (exact) mass is 383 g/mol. The summed E-state index contributed by atoms with van der Waals surface area (Å²) in [7, 11) is 0.